The molecular weight excluding hydrogens is 270 g/mol. The Morgan fingerprint density at radius 1 is 1.38 bits per heavy atom. The van der Waals surface area contributed by atoms with Gasteiger partial charge in [-0.2, -0.15) is 15.4 Å². The first-order valence-corrected chi connectivity index (χ1v) is 6.75. The van der Waals surface area contributed by atoms with Crippen LogP contribution in [0.4, 0.5) is 5.69 Å². The molecule has 108 valence electrons. The van der Waals surface area contributed by atoms with Gasteiger partial charge in [0.05, 0.1) is 17.8 Å². The van der Waals surface area contributed by atoms with Crippen LogP contribution in [0.5, 0.6) is 0 Å². The predicted octanol–water partition coefficient (Wildman–Crippen LogP) is 0.589. The van der Waals surface area contributed by atoms with Crippen molar-refractivity contribution in [3.8, 4) is 0 Å². The van der Waals surface area contributed by atoms with Gasteiger partial charge < -0.3 is 10.6 Å². The van der Waals surface area contributed by atoms with Crippen molar-refractivity contribution in [2.75, 3.05) is 11.9 Å². The monoisotopic (exact) mass is 285 g/mol. The lowest BCUT2D eigenvalue weighted by Crippen LogP contribution is -2.35. The summed E-state index contributed by atoms with van der Waals surface area (Å²) in [5.41, 5.74) is 2.36. The Morgan fingerprint density at radius 2 is 2.24 bits per heavy atom. The van der Waals surface area contributed by atoms with Crippen molar-refractivity contribution < 1.29 is 9.59 Å². The van der Waals surface area contributed by atoms with E-state index >= 15 is 0 Å². The van der Waals surface area contributed by atoms with Crippen LogP contribution in [0, 0.1) is 0 Å². The lowest BCUT2D eigenvalue weighted by atomic mass is 9.90. The van der Waals surface area contributed by atoms with Crippen LogP contribution in [0.3, 0.4) is 0 Å². The third kappa shape index (κ3) is 2.91. The van der Waals surface area contributed by atoms with Crippen molar-refractivity contribution in [3.05, 3.63) is 41.7 Å². The second-order valence-electron chi connectivity index (χ2n) is 4.89. The maximum Gasteiger partial charge on any atom is 0.228 e. The van der Waals surface area contributed by atoms with E-state index in [1.807, 2.05) is 24.3 Å². The van der Waals surface area contributed by atoms with Crippen LogP contribution in [0.25, 0.3) is 0 Å². The third-order valence-electron chi connectivity index (χ3n) is 3.46. The number of fused-ring (bicyclic) bond motifs is 1. The smallest absolute Gasteiger partial charge is 0.228 e. The van der Waals surface area contributed by atoms with E-state index in [2.05, 4.69) is 26.0 Å². The summed E-state index contributed by atoms with van der Waals surface area (Å²) in [6, 6.07) is 7.38. The number of nitrogens with zero attached hydrogens (tertiary/aromatic N) is 2. The SMILES string of the molecule is O=C1CC(C(=O)NCCc2cn[nH]n2)c2ccccc2N1. The highest BCUT2D eigenvalue weighted by Gasteiger charge is 2.30. The Bertz CT molecular complexity index is 653. The number of aromatic nitrogens is 3. The number of carbonyl (C=O) groups is 2. The average Bonchev–Trinajstić information content (AvgIpc) is 2.99. The molecule has 1 unspecified atom stereocenters. The van der Waals surface area contributed by atoms with E-state index in [1.54, 1.807) is 6.20 Å². The van der Waals surface area contributed by atoms with Crippen LogP contribution >= 0.6 is 0 Å². The number of hydrogen-bond acceptors (Lipinski definition) is 4. The van der Waals surface area contributed by atoms with E-state index in [4.69, 9.17) is 0 Å². The number of aromatic amines is 1. The largest absolute Gasteiger partial charge is 0.355 e. The van der Waals surface area contributed by atoms with Crippen molar-refractivity contribution >= 4 is 17.5 Å². The highest BCUT2D eigenvalue weighted by Crippen LogP contribution is 2.31. The summed E-state index contributed by atoms with van der Waals surface area (Å²) >= 11 is 0. The number of carbonyl (C=O) groups excluding carboxylic acids is 2. The molecule has 0 fully saturated rings. The Morgan fingerprint density at radius 3 is 3.05 bits per heavy atom. The van der Waals surface area contributed by atoms with E-state index in [9.17, 15) is 9.59 Å². The number of H-pyrrole nitrogens is 1. The fraction of sp³-hybridized carbons (Fsp3) is 0.286. The first-order valence-electron chi connectivity index (χ1n) is 6.75. The summed E-state index contributed by atoms with van der Waals surface area (Å²) in [5.74, 6) is -0.710. The molecule has 7 heteroatoms. The number of benzene rings is 1. The molecule has 0 bridgehead atoms. The first kappa shape index (κ1) is 13.3. The molecule has 1 aromatic carbocycles. The highest BCUT2D eigenvalue weighted by molar-refractivity contribution is 6.01. The summed E-state index contributed by atoms with van der Waals surface area (Å²) in [6.07, 6.45) is 2.39. The molecule has 0 saturated carbocycles. The van der Waals surface area contributed by atoms with Gasteiger partial charge in [0.25, 0.3) is 0 Å². The van der Waals surface area contributed by atoms with E-state index in [0.717, 1.165) is 11.3 Å². The number of amides is 2. The zero-order valence-corrected chi connectivity index (χ0v) is 11.3. The number of anilines is 1. The van der Waals surface area contributed by atoms with Crippen LogP contribution in [-0.2, 0) is 16.0 Å². The van der Waals surface area contributed by atoms with Gasteiger partial charge in [-0.3, -0.25) is 9.59 Å². The van der Waals surface area contributed by atoms with Gasteiger partial charge in [0, 0.05) is 25.1 Å². The molecule has 7 nitrogen and oxygen atoms in total. The molecule has 1 aliphatic rings. The topological polar surface area (TPSA) is 99.8 Å². The van der Waals surface area contributed by atoms with E-state index in [0.29, 0.717) is 18.7 Å². The van der Waals surface area contributed by atoms with Gasteiger partial charge in [0.1, 0.15) is 0 Å². The van der Waals surface area contributed by atoms with Crippen molar-refractivity contribution in [1.29, 1.82) is 0 Å². The van der Waals surface area contributed by atoms with Crippen molar-refractivity contribution in [2.24, 2.45) is 0 Å². The molecule has 1 aromatic heterocycles. The Hall–Kier alpha value is -2.70. The maximum atomic E-state index is 12.3. The molecule has 3 rings (SSSR count). The molecule has 0 saturated heterocycles. The summed E-state index contributed by atoms with van der Waals surface area (Å²) < 4.78 is 0. The van der Waals surface area contributed by atoms with Gasteiger partial charge in [-0.25, -0.2) is 0 Å². The summed E-state index contributed by atoms with van der Waals surface area (Å²) in [7, 11) is 0. The first-order chi connectivity index (χ1) is 10.2. The quantitative estimate of drug-likeness (QED) is 0.765. The molecule has 21 heavy (non-hydrogen) atoms. The predicted molar refractivity (Wildman–Crippen MR) is 75.5 cm³/mol. The van der Waals surface area contributed by atoms with Gasteiger partial charge in [-0.15, -0.1) is 0 Å². The standard InChI is InChI=1S/C14H15N5O2/c20-13-7-11(10-3-1-2-4-12(10)17-13)14(21)15-6-5-9-8-16-19-18-9/h1-4,8,11H,5-7H2,(H,15,21)(H,17,20)(H,16,18,19). The third-order valence-corrected chi connectivity index (χ3v) is 3.46. The number of nitrogens with one attached hydrogen (secondary N) is 3. The van der Waals surface area contributed by atoms with Crippen LogP contribution in [-0.4, -0.2) is 33.8 Å². The normalized spacial score (nSPS) is 17.0. The van der Waals surface area contributed by atoms with Gasteiger partial charge in [0.15, 0.2) is 0 Å². The van der Waals surface area contributed by atoms with Gasteiger partial charge in [-0.1, -0.05) is 18.2 Å². The Labute approximate surface area is 121 Å². The number of para-hydroxylation sites is 1. The van der Waals surface area contributed by atoms with Crippen LogP contribution < -0.4 is 10.6 Å². The molecule has 2 aromatic rings. The van der Waals surface area contributed by atoms with E-state index < -0.39 is 5.92 Å². The van der Waals surface area contributed by atoms with Gasteiger partial charge in [0.2, 0.25) is 11.8 Å². The van der Waals surface area contributed by atoms with Gasteiger partial charge in [-0.05, 0) is 11.6 Å². The van der Waals surface area contributed by atoms with E-state index in [1.165, 1.54) is 0 Å². The summed E-state index contributed by atoms with van der Waals surface area (Å²) in [6.45, 7) is 0.464. The summed E-state index contributed by atoms with van der Waals surface area (Å²) in [4.78, 5) is 24.0. The molecule has 0 radical (unpaired) electrons. The lowest BCUT2D eigenvalue weighted by Gasteiger charge is -2.24. The van der Waals surface area contributed by atoms with Crippen LogP contribution in [0.1, 0.15) is 23.6 Å². The zero-order valence-electron chi connectivity index (χ0n) is 11.3. The fourth-order valence-electron chi connectivity index (χ4n) is 2.43. The molecule has 3 N–H and O–H groups in total. The van der Waals surface area contributed by atoms with Gasteiger partial charge >= 0.3 is 0 Å². The van der Waals surface area contributed by atoms with Crippen molar-refractivity contribution in [3.63, 3.8) is 0 Å². The Kier molecular flexibility index (Phi) is 3.63. The number of hydrogen-bond donors (Lipinski definition) is 3. The van der Waals surface area contributed by atoms with Crippen molar-refractivity contribution in [1.82, 2.24) is 20.7 Å². The van der Waals surface area contributed by atoms with Crippen LogP contribution in [0.2, 0.25) is 0 Å². The highest BCUT2D eigenvalue weighted by atomic mass is 16.2. The van der Waals surface area contributed by atoms with E-state index in [-0.39, 0.29) is 18.2 Å². The summed E-state index contributed by atoms with van der Waals surface area (Å²) in [5, 5.41) is 15.8. The minimum Gasteiger partial charge on any atom is -0.355 e. The molecule has 2 amide bonds. The molecule has 0 aliphatic carbocycles. The Balaban J connectivity index is 1.65. The fourth-order valence-corrected chi connectivity index (χ4v) is 2.43. The molecule has 1 aliphatic heterocycles. The average molecular weight is 285 g/mol. The number of rotatable bonds is 4. The van der Waals surface area contributed by atoms with Crippen LogP contribution in [0.15, 0.2) is 30.5 Å². The molecule has 1 atom stereocenters. The second-order valence-corrected chi connectivity index (χ2v) is 4.89. The molecule has 0 spiro atoms. The molecular formula is C14H15N5O2. The minimum atomic E-state index is -0.438. The molecule has 2 heterocycles. The second kappa shape index (κ2) is 5.74. The lowest BCUT2D eigenvalue weighted by molar-refractivity contribution is -0.126. The van der Waals surface area contributed by atoms with Crippen molar-refractivity contribution in [2.45, 2.75) is 18.8 Å². The zero-order chi connectivity index (χ0) is 14.7. The maximum absolute atomic E-state index is 12.3. The minimum absolute atomic E-state index is 0.134.